The zero-order valence-electron chi connectivity index (χ0n) is 28.0. The van der Waals surface area contributed by atoms with Gasteiger partial charge in [-0.2, -0.15) is 4.98 Å². The number of benzene rings is 8. The zero-order valence-corrected chi connectivity index (χ0v) is 28.0. The minimum Gasteiger partial charge on any atom is -0.437 e. The first kappa shape index (κ1) is 28.8. The summed E-state index contributed by atoms with van der Waals surface area (Å²) in [4.78, 5) is 10.7. The molecular formula is C48H29N3O. The van der Waals surface area contributed by atoms with Gasteiger partial charge in [-0.25, -0.2) is 4.98 Å². The fourth-order valence-corrected chi connectivity index (χ4v) is 8.00. The molecule has 3 heterocycles. The molecule has 0 unspecified atom stereocenters. The predicted octanol–water partition coefficient (Wildman–Crippen LogP) is 12.8. The average Bonchev–Trinajstić information content (AvgIpc) is 3.77. The maximum absolute atomic E-state index is 6.64. The van der Waals surface area contributed by atoms with Gasteiger partial charge in [0.1, 0.15) is 5.58 Å². The van der Waals surface area contributed by atoms with Crippen LogP contribution in [-0.2, 0) is 0 Å². The Kier molecular flexibility index (Phi) is 6.22. The number of rotatable bonds is 4. The van der Waals surface area contributed by atoms with Crippen LogP contribution in [0.1, 0.15) is 0 Å². The van der Waals surface area contributed by atoms with Crippen LogP contribution in [-0.4, -0.2) is 14.5 Å². The Bertz CT molecular complexity index is 3070. The molecule has 11 rings (SSSR count). The summed E-state index contributed by atoms with van der Waals surface area (Å²) in [5.74, 6) is 0.572. The van der Waals surface area contributed by atoms with Gasteiger partial charge in [0, 0.05) is 21.7 Å². The van der Waals surface area contributed by atoms with Crippen LogP contribution in [0.3, 0.4) is 0 Å². The first-order valence-corrected chi connectivity index (χ1v) is 17.6. The van der Waals surface area contributed by atoms with Crippen LogP contribution < -0.4 is 0 Å². The SMILES string of the molecule is c1ccc(-c2ccc(-c3nc(-n4c5ccc6ccccc6c5c5c6ccccc6ccc54)nc4oc5ccc(-c6ccccc6)cc5c34)cc2)cc1. The van der Waals surface area contributed by atoms with Gasteiger partial charge in [0.2, 0.25) is 11.7 Å². The van der Waals surface area contributed by atoms with Crippen molar-refractivity contribution in [3.63, 3.8) is 0 Å². The summed E-state index contributed by atoms with van der Waals surface area (Å²) in [6.07, 6.45) is 0. The molecule has 52 heavy (non-hydrogen) atoms. The number of hydrogen-bond acceptors (Lipinski definition) is 3. The molecule has 4 nitrogen and oxygen atoms in total. The van der Waals surface area contributed by atoms with Gasteiger partial charge < -0.3 is 4.42 Å². The molecule has 0 saturated heterocycles. The molecule has 0 atom stereocenters. The van der Waals surface area contributed by atoms with E-state index in [1.54, 1.807) is 0 Å². The van der Waals surface area contributed by atoms with E-state index in [0.29, 0.717) is 11.7 Å². The number of nitrogens with zero attached hydrogens (tertiary/aromatic N) is 3. The minimum absolute atomic E-state index is 0.559. The van der Waals surface area contributed by atoms with E-state index in [1.165, 1.54) is 37.9 Å². The molecule has 242 valence electrons. The van der Waals surface area contributed by atoms with E-state index in [1.807, 2.05) is 12.1 Å². The van der Waals surface area contributed by atoms with Gasteiger partial charge in [-0.05, 0) is 68.1 Å². The standard InChI is InChI=1S/C48H29N3O/c1-3-11-30(12-4-1)32-19-21-35(22-20-32)46-45-39-29-36(31-13-5-2-6-14-31)25-28-42(39)52-47(45)50-48(49-46)51-40-26-23-33-15-7-9-17-37(33)43(40)44-38-18-10-8-16-34(38)24-27-41(44)51/h1-29H. The third-order valence-corrected chi connectivity index (χ3v) is 10.4. The van der Waals surface area contributed by atoms with E-state index in [4.69, 9.17) is 14.4 Å². The quantitative estimate of drug-likeness (QED) is 0.188. The number of fused-ring (bicyclic) bond motifs is 10. The fourth-order valence-electron chi connectivity index (χ4n) is 8.00. The van der Waals surface area contributed by atoms with Crippen molar-refractivity contribution in [2.75, 3.05) is 0 Å². The molecule has 0 bridgehead atoms. The first-order chi connectivity index (χ1) is 25.8. The molecule has 0 fully saturated rings. The van der Waals surface area contributed by atoms with Crippen molar-refractivity contribution in [3.8, 4) is 39.5 Å². The van der Waals surface area contributed by atoms with Crippen molar-refractivity contribution in [1.82, 2.24) is 14.5 Å². The summed E-state index contributed by atoms with van der Waals surface area (Å²) in [7, 11) is 0. The van der Waals surface area contributed by atoms with E-state index in [2.05, 4.69) is 168 Å². The van der Waals surface area contributed by atoms with Crippen LogP contribution in [0, 0.1) is 0 Å². The van der Waals surface area contributed by atoms with E-state index in [0.717, 1.165) is 55.3 Å². The van der Waals surface area contributed by atoms with E-state index in [9.17, 15) is 0 Å². The highest BCUT2D eigenvalue weighted by Gasteiger charge is 2.23. The van der Waals surface area contributed by atoms with E-state index >= 15 is 0 Å². The summed E-state index contributed by atoms with van der Waals surface area (Å²) in [6.45, 7) is 0. The summed E-state index contributed by atoms with van der Waals surface area (Å²) in [5, 5.41) is 9.09. The van der Waals surface area contributed by atoms with Crippen LogP contribution >= 0.6 is 0 Å². The molecule has 0 saturated carbocycles. The Hall–Kier alpha value is -7.04. The van der Waals surface area contributed by atoms with Crippen molar-refractivity contribution >= 4 is 65.4 Å². The second-order valence-corrected chi connectivity index (χ2v) is 13.4. The van der Waals surface area contributed by atoms with Gasteiger partial charge in [0.25, 0.3) is 0 Å². The first-order valence-electron chi connectivity index (χ1n) is 17.6. The molecule has 0 amide bonds. The Labute approximate surface area is 298 Å². The van der Waals surface area contributed by atoms with E-state index in [-0.39, 0.29) is 0 Å². The van der Waals surface area contributed by atoms with E-state index < -0.39 is 0 Å². The molecule has 0 aliphatic heterocycles. The van der Waals surface area contributed by atoms with Gasteiger partial charge in [-0.1, -0.05) is 152 Å². The molecular weight excluding hydrogens is 635 g/mol. The predicted molar refractivity (Wildman–Crippen MR) is 215 cm³/mol. The van der Waals surface area contributed by atoms with Gasteiger partial charge in [0.05, 0.1) is 22.1 Å². The topological polar surface area (TPSA) is 43.9 Å². The Morgan fingerprint density at radius 2 is 0.904 bits per heavy atom. The lowest BCUT2D eigenvalue weighted by molar-refractivity contribution is 0.651. The molecule has 0 spiro atoms. The number of hydrogen-bond donors (Lipinski definition) is 0. The third-order valence-electron chi connectivity index (χ3n) is 10.4. The van der Waals surface area contributed by atoms with Crippen molar-refractivity contribution in [2.45, 2.75) is 0 Å². The molecule has 0 aliphatic carbocycles. The second-order valence-electron chi connectivity index (χ2n) is 13.4. The van der Waals surface area contributed by atoms with Crippen LogP contribution in [0.25, 0.3) is 105 Å². The normalized spacial score (nSPS) is 11.8. The summed E-state index contributed by atoms with van der Waals surface area (Å²) in [6, 6.07) is 62.0. The lowest BCUT2D eigenvalue weighted by atomic mass is 9.99. The lowest BCUT2D eigenvalue weighted by Crippen LogP contribution is -2.03. The highest BCUT2D eigenvalue weighted by atomic mass is 16.3. The molecule has 0 radical (unpaired) electrons. The summed E-state index contributed by atoms with van der Waals surface area (Å²) < 4.78 is 8.85. The molecule has 4 heteroatoms. The molecule has 8 aromatic carbocycles. The van der Waals surface area contributed by atoms with Gasteiger partial charge >= 0.3 is 0 Å². The van der Waals surface area contributed by atoms with Crippen molar-refractivity contribution in [2.24, 2.45) is 0 Å². The minimum atomic E-state index is 0.559. The van der Waals surface area contributed by atoms with Crippen molar-refractivity contribution < 1.29 is 4.42 Å². The highest BCUT2D eigenvalue weighted by Crippen LogP contribution is 2.42. The monoisotopic (exact) mass is 663 g/mol. The summed E-state index contributed by atoms with van der Waals surface area (Å²) >= 11 is 0. The highest BCUT2D eigenvalue weighted by molar-refractivity contribution is 6.28. The maximum Gasteiger partial charge on any atom is 0.238 e. The van der Waals surface area contributed by atoms with Gasteiger partial charge in [0.15, 0.2) is 0 Å². The van der Waals surface area contributed by atoms with Crippen LogP contribution in [0.4, 0.5) is 0 Å². The van der Waals surface area contributed by atoms with Gasteiger partial charge in [-0.3, -0.25) is 4.57 Å². The average molecular weight is 664 g/mol. The molecule has 0 aliphatic rings. The van der Waals surface area contributed by atoms with Crippen molar-refractivity contribution in [1.29, 1.82) is 0 Å². The van der Waals surface area contributed by atoms with Crippen molar-refractivity contribution in [3.05, 3.63) is 176 Å². The van der Waals surface area contributed by atoms with Crippen LogP contribution in [0.15, 0.2) is 180 Å². The molecule has 11 aromatic rings. The summed E-state index contributed by atoms with van der Waals surface area (Å²) in [5.41, 5.74) is 9.87. The second kappa shape index (κ2) is 11.2. The third kappa shape index (κ3) is 4.34. The Balaban J connectivity index is 1.23. The largest absolute Gasteiger partial charge is 0.437 e. The van der Waals surface area contributed by atoms with Gasteiger partial charge in [-0.15, -0.1) is 0 Å². The Morgan fingerprint density at radius 1 is 0.385 bits per heavy atom. The maximum atomic E-state index is 6.64. The number of aromatic nitrogens is 3. The smallest absolute Gasteiger partial charge is 0.238 e. The molecule has 3 aromatic heterocycles. The number of furan rings is 1. The Morgan fingerprint density at radius 3 is 1.54 bits per heavy atom. The lowest BCUT2D eigenvalue weighted by Gasteiger charge is -2.11. The zero-order chi connectivity index (χ0) is 34.2. The van der Waals surface area contributed by atoms with Crippen LogP contribution in [0.5, 0.6) is 0 Å². The fraction of sp³-hybridized carbons (Fsp3) is 0. The van der Waals surface area contributed by atoms with Crippen LogP contribution in [0.2, 0.25) is 0 Å². The molecule has 0 N–H and O–H groups in total.